The van der Waals surface area contributed by atoms with Crippen molar-refractivity contribution in [2.45, 2.75) is 63.2 Å². The highest BCUT2D eigenvalue weighted by atomic mass is 16.2. The highest BCUT2D eigenvalue weighted by molar-refractivity contribution is 5.92. The Kier molecular flexibility index (Phi) is 12.2. The second-order valence-corrected chi connectivity index (χ2v) is 9.07. The summed E-state index contributed by atoms with van der Waals surface area (Å²) in [6, 6.07) is 15.5. The number of amides is 4. The first-order chi connectivity index (χ1) is 17.7. The fourth-order valence-corrected chi connectivity index (χ4v) is 3.67. The lowest BCUT2D eigenvalue weighted by Gasteiger charge is -2.22. The van der Waals surface area contributed by atoms with Crippen LogP contribution in [0.1, 0.15) is 37.3 Å². The van der Waals surface area contributed by atoms with Crippen LogP contribution in [0.2, 0.25) is 0 Å². The van der Waals surface area contributed by atoms with Crippen LogP contribution in [0.5, 0.6) is 0 Å². The molecule has 0 fully saturated rings. The predicted molar refractivity (Wildman–Crippen MR) is 142 cm³/mol. The van der Waals surface area contributed by atoms with Crippen molar-refractivity contribution in [1.29, 1.82) is 0 Å². The van der Waals surface area contributed by atoms with E-state index in [9.17, 15) is 19.2 Å². The van der Waals surface area contributed by atoms with E-state index in [1.165, 1.54) is 6.92 Å². The van der Waals surface area contributed by atoms with Crippen LogP contribution >= 0.6 is 0 Å². The van der Waals surface area contributed by atoms with Crippen molar-refractivity contribution in [3.8, 4) is 0 Å². The van der Waals surface area contributed by atoms with Crippen molar-refractivity contribution in [1.82, 2.24) is 16.0 Å². The first-order valence-corrected chi connectivity index (χ1v) is 12.4. The average molecular weight is 511 g/mol. The Balaban J connectivity index is 1.85. The minimum Gasteiger partial charge on any atom is -0.368 e. The van der Waals surface area contributed by atoms with Gasteiger partial charge in [0.1, 0.15) is 12.1 Å². The molecule has 200 valence electrons. The van der Waals surface area contributed by atoms with Crippen molar-refractivity contribution in [3.63, 3.8) is 0 Å². The second-order valence-electron chi connectivity index (χ2n) is 9.07. The van der Waals surface area contributed by atoms with Gasteiger partial charge in [-0.25, -0.2) is 0 Å². The van der Waals surface area contributed by atoms with Crippen molar-refractivity contribution >= 4 is 23.6 Å². The van der Waals surface area contributed by atoms with Gasteiger partial charge in [0.2, 0.25) is 23.6 Å². The molecule has 0 saturated carbocycles. The molecule has 0 bridgehead atoms. The van der Waals surface area contributed by atoms with Crippen molar-refractivity contribution < 1.29 is 19.2 Å². The van der Waals surface area contributed by atoms with Gasteiger partial charge in [0, 0.05) is 6.54 Å². The topological polar surface area (TPSA) is 182 Å². The van der Waals surface area contributed by atoms with Crippen LogP contribution < -0.4 is 33.2 Å². The number of hydrogen-bond donors (Lipinski definition) is 6. The number of carbonyl (C=O) groups excluding carboxylic acids is 4. The van der Waals surface area contributed by atoms with Crippen LogP contribution in [0.15, 0.2) is 60.7 Å². The molecule has 0 aliphatic carbocycles. The number of nitrogens with one attached hydrogen (secondary N) is 3. The SMILES string of the molecule is C[C@H](NC(=O)[C@H](CCCCNC(=O)[C@@H](N)Cc1ccccc1)NC(=O)[C@@H](N)Cc1ccccc1)C(N)=O. The monoisotopic (exact) mass is 510 g/mol. The molecule has 9 N–H and O–H groups in total. The van der Waals surface area contributed by atoms with Crippen LogP contribution in [0.4, 0.5) is 0 Å². The molecule has 10 nitrogen and oxygen atoms in total. The van der Waals surface area contributed by atoms with E-state index in [1.807, 2.05) is 60.7 Å². The van der Waals surface area contributed by atoms with Crippen LogP contribution in [0.25, 0.3) is 0 Å². The van der Waals surface area contributed by atoms with E-state index >= 15 is 0 Å². The van der Waals surface area contributed by atoms with Crippen molar-refractivity contribution in [3.05, 3.63) is 71.8 Å². The number of carbonyl (C=O) groups is 4. The molecule has 0 unspecified atom stereocenters. The molecule has 0 radical (unpaired) electrons. The van der Waals surface area contributed by atoms with Gasteiger partial charge in [-0.2, -0.15) is 0 Å². The average Bonchev–Trinajstić information content (AvgIpc) is 2.88. The predicted octanol–water partition coefficient (Wildman–Crippen LogP) is -0.112. The Hall–Kier alpha value is -3.76. The summed E-state index contributed by atoms with van der Waals surface area (Å²) in [6.07, 6.45) is 2.11. The number of nitrogens with two attached hydrogens (primary N) is 3. The number of unbranched alkanes of at least 4 members (excludes halogenated alkanes) is 1. The third kappa shape index (κ3) is 10.8. The maximum absolute atomic E-state index is 12.7. The fourth-order valence-electron chi connectivity index (χ4n) is 3.67. The van der Waals surface area contributed by atoms with Crippen molar-refractivity contribution in [2.24, 2.45) is 17.2 Å². The van der Waals surface area contributed by atoms with Gasteiger partial charge in [-0.3, -0.25) is 19.2 Å². The van der Waals surface area contributed by atoms with Crippen LogP contribution in [0.3, 0.4) is 0 Å². The third-order valence-electron chi connectivity index (χ3n) is 5.91. The summed E-state index contributed by atoms with van der Waals surface area (Å²) in [5, 5.41) is 8.01. The van der Waals surface area contributed by atoms with Gasteiger partial charge in [-0.05, 0) is 50.2 Å². The van der Waals surface area contributed by atoms with E-state index in [1.54, 1.807) is 0 Å². The summed E-state index contributed by atoms with van der Waals surface area (Å²) in [6.45, 7) is 1.84. The quantitative estimate of drug-likeness (QED) is 0.182. The lowest BCUT2D eigenvalue weighted by atomic mass is 10.0. The van der Waals surface area contributed by atoms with Gasteiger partial charge in [-0.15, -0.1) is 0 Å². The molecule has 0 heterocycles. The summed E-state index contributed by atoms with van der Waals surface area (Å²) in [7, 11) is 0. The van der Waals surface area contributed by atoms with E-state index in [2.05, 4.69) is 16.0 Å². The molecule has 0 spiro atoms. The molecule has 4 amide bonds. The van der Waals surface area contributed by atoms with E-state index in [0.717, 1.165) is 11.1 Å². The van der Waals surface area contributed by atoms with E-state index < -0.39 is 41.9 Å². The van der Waals surface area contributed by atoms with E-state index in [-0.39, 0.29) is 12.3 Å². The normalized spacial score (nSPS) is 14.0. The number of benzene rings is 2. The molecule has 10 heteroatoms. The first kappa shape index (κ1) is 29.5. The molecule has 0 aliphatic rings. The summed E-state index contributed by atoms with van der Waals surface area (Å²) in [5.74, 6) is -1.95. The fraction of sp³-hybridized carbons (Fsp3) is 0.407. The van der Waals surface area contributed by atoms with Crippen molar-refractivity contribution in [2.75, 3.05) is 6.54 Å². The summed E-state index contributed by atoms with van der Waals surface area (Å²) in [5.41, 5.74) is 19.2. The molecule has 2 aromatic carbocycles. The Morgan fingerprint density at radius 2 is 1.24 bits per heavy atom. The number of primary amides is 1. The van der Waals surface area contributed by atoms with Gasteiger partial charge >= 0.3 is 0 Å². The van der Waals surface area contributed by atoms with E-state index in [0.29, 0.717) is 32.2 Å². The highest BCUT2D eigenvalue weighted by Crippen LogP contribution is 2.06. The zero-order valence-corrected chi connectivity index (χ0v) is 21.2. The van der Waals surface area contributed by atoms with Gasteiger partial charge in [0.15, 0.2) is 0 Å². The minimum atomic E-state index is -0.910. The Morgan fingerprint density at radius 3 is 1.76 bits per heavy atom. The zero-order chi connectivity index (χ0) is 27.2. The van der Waals surface area contributed by atoms with Crippen LogP contribution in [-0.4, -0.2) is 54.3 Å². The largest absolute Gasteiger partial charge is 0.368 e. The van der Waals surface area contributed by atoms with Gasteiger partial charge in [-0.1, -0.05) is 60.7 Å². The zero-order valence-electron chi connectivity index (χ0n) is 21.2. The van der Waals surface area contributed by atoms with E-state index in [4.69, 9.17) is 17.2 Å². The Bertz CT molecular complexity index is 1020. The Labute approximate surface area is 217 Å². The molecule has 2 aromatic rings. The highest BCUT2D eigenvalue weighted by Gasteiger charge is 2.25. The molecular weight excluding hydrogens is 472 g/mol. The Morgan fingerprint density at radius 1 is 0.730 bits per heavy atom. The van der Waals surface area contributed by atoms with Crippen LogP contribution in [-0.2, 0) is 32.0 Å². The molecule has 37 heavy (non-hydrogen) atoms. The third-order valence-corrected chi connectivity index (χ3v) is 5.91. The number of rotatable bonds is 15. The van der Waals surface area contributed by atoms with Gasteiger partial charge < -0.3 is 33.2 Å². The summed E-state index contributed by atoms with van der Waals surface area (Å²) >= 11 is 0. The first-order valence-electron chi connectivity index (χ1n) is 12.4. The maximum atomic E-state index is 12.7. The maximum Gasteiger partial charge on any atom is 0.243 e. The van der Waals surface area contributed by atoms with Crippen LogP contribution in [0, 0.1) is 0 Å². The molecule has 0 saturated heterocycles. The lowest BCUT2D eigenvalue weighted by molar-refractivity contribution is -0.131. The van der Waals surface area contributed by atoms with Gasteiger partial charge in [0.05, 0.1) is 12.1 Å². The summed E-state index contributed by atoms with van der Waals surface area (Å²) in [4.78, 5) is 49.1. The molecule has 2 rings (SSSR count). The molecule has 0 aliphatic heterocycles. The second kappa shape index (κ2) is 15.4. The lowest BCUT2D eigenvalue weighted by Crippen LogP contribution is -2.55. The molecular formula is C27H38N6O4. The van der Waals surface area contributed by atoms with Gasteiger partial charge in [0.25, 0.3) is 0 Å². The molecule has 0 aromatic heterocycles. The summed E-state index contributed by atoms with van der Waals surface area (Å²) < 4.78 is 0. The standard InChI is InChI=1S/C27H38N6O4/c1-18(24(30)34)32-27(37)23(33-26(36)22(29)17-20-12-6-3-7-13-20)14-8-9-15-31-25(35)21(28)16-19-10-4-2-5-11-19/h2-7,10-13,18,21-23H,8-9,14-17,28-29H2,1H3,(H2,30,34)(H,31,35)(H,32,37)(H,33,36)/t18-,21-,22-,23-/m0/s1. The number of hydrogen-bond acceptors (Lipinski definition) is 6. The minimum absolute atomic E-state index is 0.256. The molecule has 4 atom stereocenters. The smallest absolute Gasteiger partial charge is 0.243 e.